The van der Waals surface area contributed by atoms with Crippen LogP contribution >= 0.6 is 22.9 Å². The normalized spacial score (nSPS) is 22.2. The minimum absolute atomic E-state index is 0.0448. The topological polar surface area (TPSA) is 84.7 Å². The lowest BCUT2D eigenvalue weighted by atomic mass is 9.62. The number of benzene rings is 2. The van der Waals surface area contributed by atoms with Crippen LogP contribution in [0.5, 0.6) is 11.5 Å². The molecule has 1 aliphatic carbocycles. The van der Waals surface area contributed by atoms with Gasteiger partial charge in [-0.2, -0.15) is 5.10 Å². The summed E-state index contributed by atoms with van der Waals surface area (Å²) in [5.41, 5.74) is 2.41. The number of halogens is 1. The van der Waals surface area contributed by atoms with Crippen LogP contribution in [0.4, 0.5) is 5.82 Å². The average Bonchev–Trinajstić information content (AvgIpc) is 3.57. The van der Waals surface area contributed by atoms with Gasteiger partial charge in [0.05, 0.1) is 23.3 Å². The maximum absolute atomic E-state index is 14.3. The first-order valence-electron chi connectivity index (χ1n) is 13.6. The zero-order chi connectivity index (χ0) is 29.9. The number of aromatic nitrogens is 2. The zero-order valence-electron chi connectivity index (χ0n) is 23.7. The first-order valence-corrected chi connectivity index (χ1v) is 14.8. The average molecular weight is 600 g/mol. The number of imide groups is 1. The highest BCUT2D eigenvalue weighted by molar-refractivity contribution is 7.22. The summed E-state index contributed by atoms with van der Waals surface area (Å²) in [6.45, 7) is 7.90. The molecule has 1 aliphatic heterocycles. The summed E-state index contributed by atoms with van der Waals surface area (Å²) in [7, 11) is 3.25. The number of phenols is 1. The van der Waals surface area contributed by atoms with Crippen LogP contribution in [0.3, 0.4) is 0 Å². The second-order valence-electron chi connectivity index (χ2n) is 10.9. The van der Waals surface area contributed by atoms with Crippen LogP contribution in [0.15, 0.2) is 72.8 Å². The van der Waals surface area contributed by atoms with E-state index in [2.05, 4.69) is 6.58 Å². The van der Waals surface area contributed by atoms with Gasteiger partial charge in [0.1, 0.15) is 11.5 Å². The number of thiophene rings is 1. The Labute approximate surface area is 253 Å². The molecule has 1 saturated heterocycles. The molecule has 3 heterocycles. The third kappa shape index (κ3) is 4.20. The minimum Gasteiger partial charge on any atom is -0.504 e. The molecular weight excluding hydrogens is 570 g/mol. The summed E-state index contributed by atoms with van der Waals surface area (Å²) in [5.74, 6) is -0.591. The number of fused-ring (bicyclic) bond motifs is 2. The van der Waals surface area contributed by atoms with E-state index in [0.717, 1.165) is 31.7 Å². The molecule has 2 aliphatic rings. The molecule has 9 heteroatoms. The van der Waals surface area contributed by atoms with Crippen LogP contribution in [-0.2, 0) is 16.6 Å². The molecule has 3 atom stereocenters. The maximum Gasteiger partial charge on any atom is 0.242 e. The van der Waals surface area contributed by atoms with Crippen LogP contribution in [-0.4, -0.2) is 33.8 Å². The summed E-state index contributed by atoms with van der Waals surface area (Å²) in [6.07, 6.45) is 8.03. The van der Waals surface area contributed by atoms with Gasteiger partial charge in [-0.3, -0.25) is 14.3 Å². The van der Waals surface area contributed by atoms with Gasteiger partial charge in [-0.25, -0.2) is 4.90 Å². The highest BCUT2D eigenvalue weighted by Gasteiger charge is 2.61. The summed E-state index contributed by atoms with van der Waals surface area (Å²) in [4.78, 5) is 30.6. The van der Waals surface area contributed by atoms with Crippen molar-refractivity contribution in [2.24, 2.45) is 24.3 Å². The standard InChI is InChI=1S/C33H30ClN3O4S/c1-6-20-9-12-24-31(39)37(32(40)33(24,3)23(20)11-7-19-8-13-26(38)27(15-19)41-5)29-17-25(35-36(29)4)30-18(2)22-16-21(34)10-14-28(22)42-30/h6-11,13-17,23-24,38H,1,12H2,2-5H3. The molecule has 1 fully saturated rings. The van der Waals surface area contributed by atoms with Gasteiger partial charge in [0, 0.05) is 28.8 Å². The molecule has 0 saturated carbocycles. The molecule has 2 aromatic heterocycles. The number of rotatable bonds is 6. The highest BCUT2D eigenvalue weighted by atomic mass is 35.5. The number of amides is 2. The minimum atomic E-state index is -1.03. The molecule has 3 unspecified atom stereocenters. The number of hydrogen-bond donors (Lipinski definition) is 1. The Kier molecular flexibility index (Phi) is 6.86. The second kappa shape index (κ2) is 10.3. The third-order valence-corrected chi connectivity index (χ3v) is 10.2. The number of aryl methyl sites for hydroxylation is 2. The van der Waals surface area contributed by atoms with E-state index < -0.39 is 17.3 Å². The maximum atomic E-state index is 14.3. The fourth-order valence-corrected chi connectivity index (χ4v) is 7.60. The predicted octanol–water partition coefficient (Wildman–Crippen LogP) is 7.32. The summed E-state index contributed by atoms with van der Waals surface area (Å²) in [6, 6.07) is 12.7. The van der Waals surface area contributed by atoms with E-state index in [4.69, 9.17) is 21.4 Å². The van der Waals surface area contributed by atoms with Gasteiger partial charge in [0.15, 0.2) is 11.5 Å². The number of carbonyl (C=O) groups is 2. The van der Waals surface area contributed by atoms with Crippen molar-refractivity contribution in [1.82, 2.24) is 9.78 Å². The molecule has 4 aromatic rings. The van der Waals surface area contributed by atoms with Crippen LogP contribution < -0.4 is 9.64 Å². The third-order valence-electron chi connectivity index (χ3n) is 8.64. The van der Waals surface area contributed by atoms with Gasteiger partial charge >= 0.3 is 0 Å². The van der Waals surface area contributed by atoms with Crippen LogP contribution in [0, 0.1) is 24.2 Å². The van der Waals surface area contributed by atoms with Crippen LogP contribution in [0.25, 0.3) is 26.7 Å². The largest absolute Gasteiger partial charge is 0.504 e. The molecule has 6 rings (SSSR count). The molecule has 214 valence electrons. The number of hydrogen-bond acceptors (Lipinski definition) is 6. The van der Waals surface area contributed by atoms with E-state index in [-0.39, 0.29) is 17.6 Å². The molecule has 1 N–H and O–H groups in total. The molecule has 2 amide bonds. The highest BCUT2D eigenvalue weighted by Crippen LogP contribution is 2.53. The van der Waals surface area contributed by atoms with E-state index in [9.17, 15) is 14.7 Å². The monoisotopic (exact) mass is 599 g/mol. The number of ether oxygens (including phenoxy) is 1. The molecule has 0 spiro atoms. The summed E-state index contributed by atoms with van der Waals surface area (Å²) in [5, 5.41) is 16.4. The lowest BCUT2D eigenvalue weighted by Crippen LogP contribution is -2.42. The van der Waals surface area contributed by atoms with Crippen molar-refractivity contribution in [1.29, 1.82) is 0 Å². The van der Waals surface area contributed by atoms with Crippen LogP contribution in [0.2, 0.25) is 5.02 Å². The van der Waals surface area contributed by atoms with Gasteiger partial charge < -0.3 is 9.84 Å². The number of methoxy groups -OCH3 is 1. The first kappa shape index (κ1) is 28.0. The molecule has 7 nitrogen and oxygen atoms in total. The number of allylic oxidation sites excluding steroid dienone is 4. The summed E-state index contributed by atoms with van der Waals surface area (Å²) < 4.78 is 7.95. The second-order valence-corrected chi connectivity index (χ2v) is 12.4. The summed E-state index contributed by atoms with van der Waals surface area (Å²) >= 11 is 7.86. The Balaban J connectivity index is 1.38. The van der Waals surface area contributed by atoms with Gasteiger partial charge in [-0.15, -0.1) is 11.3 Å². The van der Waals surface area contributed by atoms with Gasteiger partial charge in [-0.1, -0.05) is 48.6 Å². The smallest absolute Gasteiger partial charge is 0.242 e. The lowest BCUT2D eigenvalue weighted by Gasteiger charge is -2.38. The molecule has 42 heavy (non-hydrogen) atoms. The van der Waals surface area contributed by atoms with E-state index in [0.29, 0.717) is 28.7 Å². The van der Waals surface area contributed by atoms with Crippen molar-refractivity contribution >= 4 is 56.7 Å². The lowest BCUT2D eigenvalue weighted by molar-refractivity contribution is -0.128. The Bertz CT molecular complexity index is 1850. The van der Waals surface area contributed by atoms with E-state index in [1.54, 1.807) is 47.3 Å². The fraction of sp³-hybridized carbons (Fsp3) is 0.242. The van der Waals surface area contributed by atoms with Gasteiger partial charge in [0.2, 0.25) is 11.8 Å². The molecule has 0 bridgehead atoms. The quantitative estimate of drug-likeness (QED) is 0.235. The number of anilines is 1. The van der Waals surface area contributed by atoms with Crippen molar-refractivity contribution in [3.05, 3.63) is 89.0 Å². The van der Waals surface area contributed by atoms with Crippen LogP contribution in [0.1, 0.15) is 24.5 Å². The van der Waals surface area contributed by atoms with Crippen molar-refractivity contribution in [2.75, 3.05) is 12.0 Å². The number of carbonyl (C=O) groups excluding carboxylic acids is 2. The Hall–Kier alpha value is -4.14. The van der Waals surface area contributed by atoms with Crippen molar-refractivity contribution in [3.63, 3.8) is 0 Å². The Morgan fingerprint density at radius 1 is 1.21 bits per heavy atom. The number of aromatic hydroxyl groups is 1. The van der Waals surface area contributed by atoms with Crippen molar-refractivity contribution < 1.29 is 19.4 Å². The Morgan fingerprint density at radius 3 is 2.74 bits per heavy atom. The fourth-order valence-electron chi connectivity index (χ4n) is 6.28. The van der Waals surface area contributed by atoms with Crippen molar-refractivity contribution in [2.45, 2.75) is 20.3 Å². The predicted molar refractivity (Wildman–Crippen MR) is 168 cm³/mol. The molecule has 0 radical (unpaired) electrons. The van der Waals surface area contributed by atoms with E-state index >= 15 is 0 Å². The van der Waals surface area contributed by atoms with Gasteiger partial charge in [0.25, 0.3) is 0 Å². The number of nitrogens with zero attached hydrogens (tertiary/aromatic N) is 3. The SMILES string of the molecule is C=CC1=CCC2C(=O)N(c3cc(-c4sc5ccc(Cl)cc5c4C)nn3C)C(=O)C2(C)C1C=Cc1ccc(O)c(OC)c1. The molecular formula is C33H30ClN3O4S. The molecule has 2 aromatic carbocycles. The number of phenolic OH excluding ortho intramolecular Hbond substituents is 1. The van der Waals surface area contributed by atoms with E-state index in [1.807, 2.05) is 56.3 Å². The Morgan fingerprint density at radius 2 is 2.00 bits per heavy atom. The van der Waals surface area contributed by atoms with Gasteiger partial charge in [-0.05, 0) is 72.7 Å². The van der Waals surface area contributed by atoms with Crippen molar-refractivity contribution in [3.8, 4) is 22.1 Å². The first-order chi connectivity index (χ1) is 20.1. The zero-order valence-corrected chi connectivity index (χ0v) is 25.3. The van der Waals surface area contributed by atoms with E-state index in [1.165, 1.54) is 12.0 Å².